The fraction of sp³-hybridized carbons (Fsp3) is 0.667. The van der Waals surface area contributed by atoms with E-state index in [1.54, 1.807) is 0 Å². The third-order valence-corrected chi connectivity index (χ3v) is 2.61. The summed E-state index contributed by atoms with van der Waals surface area (Å²) in [5.41, 5.74) is 0. The zero-order valence-electron chi connectivity index (χ0n) is 9.68. The molecule has 0 fully saturated rings. The van der Waals surface area contributed by atoms with Crippen LogP contribution in [0.25, 0.3) is 0 Å². The normalized spacial score (nSPS) is 24.4. The zero-order valence-corrected chi connectivity index (χ0v) is 9.68. The standard InChI is InChI=1S/C12H18O4/c1-8(2)7-16-12(15)10-6-4-3-5-9(10)11(13)14/h3-4,8-10H,5-7H2,1-2H3,(H,13,14)/t9-,10-/m0/s1. The molecular weight excluding hydrogens is 208 g/mol. The van der Waals surface area contributed by atoms with Gasteiger partial charge in [-0.1, -0.05) is 26.0 Å². The Morgan fingerprint density at radius 2 is 1.88 bits per heavy atom. The van der Waals surface area contributed by atoms with Crippen LogP contribution in [0.1, 0.15) is 26.7 Å². The van der Waals surface area contributed by atoms with E-state index in [0.717, 1.165) is 0 Å². The van der Waals surface area contributed by atoms with Crippen molar-refractivity contribution in [1.82, 2.24) is 0 Å². The molecule has 0 amide bonds. The molecule has 1 N–H and O–H groups in total. The Morgan fingerprint density at radius 3 is 2.38 bits per heavy atom. The summed E-state index contributed by atoms with van der Waals surface area (Å²) >= 11 is 0. The van der Waals surface area contributed by atoms with E-state index in [1.807, 2.05) is 26.0 Å². The lowest BCUT2D eigenvalue weighted by Gasteiger charge is -2.23. The van der Waals surface area contributed by atoms with Gasteiger partial charge in [-0.25, -0.2) is 0 Å². The summed E-state index contributed by atoms with van der Waals surface area (Å²) in [7, 11) is 0. The summed E-state index contributed by atoms with van der Waals surface area (Å²) in [4.78, 5) is 22.7. The average molecular weight is 226 g/mol. The SMILES string of the molecule is CC(C)COC(=O)[C@H]1CC=CC[C@@H]1C(=O)O. The van der Waals surface area contributed by atoms with Gasteiger partial charge in [-0.3, -0.25) is 9.59 Å². The summed E-state index contributed by atoms with van der Waals surface area (Å²) in [5, 5.41) is 8.99. The van der Waals surface area contributed by atoms with E-state index in [4.69, 9.17) is 9.84 Å². The molecule has 90 valence electrons. The summed E-state index contributed by atoms with van der Waals surface area (Å²) < 4.78 is 5.09. The van der Waals surface area contributed by atoms with Gasteiger partial charge in [0.25, 0.3) is 0 Å². The van der Waals surface area contributed by atoms with Gasteiger partial charge in [0.2, 0.25) is 0 Å². The smallest absolute Gasteiger partial charge is 0.310 e. The second-order valence-corrected chi connectivity index (χ2v) is 4.52. The number of carboxylic acid groups (broad SMARTS) is 1. The maximum absolute atomic E-state index is 11.7. The quantitative estimate of drug-likeness (QED) is 0.587. The van der Waals surface area contributed by atoms with E-state index in [0.29, 0.717) is 19.4 Å². The molecule has 0 bridgehead atoms. The predicted molar refractivity (Wildman–Crippen MR) is 58.8 cm³/mol. The molecule has 4 nitrogen and oxygen atoms in total. The zero-order chi connectivity index (χ0) is 12.1. The van der Waals surface area contributed by atoms with Crippen molar-refractivity contribution < 1.29 is 19.4 Å². The molecule has 0 saturated heterocycles. The molecule has 1 aliphatic rings. The molecule has 0 aromatic heterocycles. The highest BCUT2D eigenvalue weighted by molar-refractivity contribution is 5.81. The molecule has 0 spiro atoms. The van der Waals surface area contributed by atoms with Crippen LogP contribution < -0.4 is 0 Å². The van der Waals surface area contributed by atoms with E-state index >= 15 is 0 Å². The summed E-state index contributed by atoms with van der Waals surface area (Å²) in [6, 6.07) is 0. The number of carbonyl (C=O) groups excluding carboxylic acids is 1. The first-order valence-corrected chi connectivity index (χ1v) is 5.56. The summed E-state index contributed by atoms with van der Waals surface area (Å²) in [6.45, 7) is 4.25. The molecule has 2 atom stereocenters. The molecule has 0 unspecified atom stereocenters. The third-order valence-electron chi connectivity index (χ3n) is 2.61. The molecule has 0 heterocycles. The minimum Gasteiger partial charge on any atom is -0.481 e. The van der Waals surface area contributed by atoms with Crippen LogP contribution in [0, 0.1) is 17.8 Å². The Kier molecular flexibility index (Phi) is 4.52. The predicted octanol–water partition coefficient (Wildman–Crippen LogP) is 1.85. The van der Waals surface area contributed by atoms with Gasteiger partial charge < -0.3 is 9.84 Å². The van der Waals surface area contributed by atoms with E-state index in [9.17, 15) is 9.59 Å². The molecule has 0 aromatic carbocycles. The number of esters is 1. The first-order valence-electron chi connectivity index (χ1n) is 5.56. The summed E-state index contributed by atoms with van der Waals surface area (Å²) in [6.07, 6.45) is 4.54. The van der Waals surface area contributed by atoms with Crippen molar-refractivity contribution in [3.05, 3.63) is 12.2 Å². The molecule has 0 radical (unpaired) electrons. The van der Waals surface area contributed by atoms with Gasteiger partial charge in [0, 0.05) is 0 Å². The fourth-order valence-electron chi connectivity index (χ4n) is 1.70. The van der Waals surface area contributed by atoms with Crippen LogP contribution in [-0.4, -0.2) is 23.7 Å². The molecule has 0 aliphatic heterocycles. The average Bonchev–Trinajstić information content (AvgIpc) is 2.25. The number of aliphatic carboxylic acids is 1. The maximum Gasteiger partial charge on any atom is 0.310 e. The van der Waals surface area contributed by atoms with Gasteiger partial charge in [0.1, 0.15) is 0 Å². The number of rotatable bonds is 4. The Morgan fingerprint density at radius 1 is 1.31 bits per heavy atom. The highest BCUT2D eigenvalue weighted by atomic mass is 16.5. The summed E-state index contributed by atoms with van der Waals surface area (Å²) in [5.74, 6) is -2.20. The molecular formula is C12H18O4. The Hall–Kier alpha value is -1.32. The second-order valence-electron chi connectivity index (χ2n) is 4.52. The van der Waals surface area contributed by atoms with Crippen molar-refractivity contribution in [2.45, 2.75) is 26.7 Å². The Labute approximate surface area is 95.3 Å². The number of ether oxygens (including phenoxy) is 1. The first-order chi connectivity index (χ1) is 7.52. The van der Waals surface area contributed by atoms with Gasteiger partial charge in [-0.15, -0.1) is 0 Å². The van der Waals surface area contributed by atoms with Gasteiger partial charge in [-0.2, -0.15) is 0 Å². The maximum atomic E-state index is 11.7. The van der Waals surface area contributed by atoms with Crippen molar-refractivity contribution in [3.63, 3.8) is 0 Å². The number of hydrogen-bond donors (Lipinski definition) is 1. The molecule has 0 aromatic rings. The monoisotopic (exact) mass is 226 g/mol. The molecule has 16 heavy (non-hydrogen) atoms. The minimum absolute atomic E-state index is 0.270. The van der Waals surface area contributed by atoms with Crippen molar-refractivity contribution in [3.8, 4) is 0 Å². The molecule has 1 rings (SSSR count). The number of allylic oxidation sites excluding steroid dienone is 2. The van der Waals surface area contributed by atoms with Gasteiger partial charge >= 0.3 is 11.9 Å². The van der Waals surface area contributed by atoms with E-state index < -0.39 is 17.8 Å². The van der Waals surface area contributed by atoms with Crippen LogP contribution in [0.15, 0.2) is 12.2 Å². The van der Waals surface area contributed by atoms with Crippen molar-refractivity contribution in [1.29, 1.82) is 0 Å². The van der Waals surface area contributed by atoms with Crippen LogP contribution in [0.2, 0.25) is 0 Å². The van der Waals surface area contributed by atoms with E-state index in [2.05, 4.69) is 0 Å². The van der Waals surface area contributed by atoms with Crippen molar-refractivity contribution >= 4 is 11.9 Å². The molecule has 1 aliphatic carbocycles. The minimum atomic E-state index is -0.921. The lowest BCUT2D eigenvalue weighted by Crippen LogP contribution is -2.32. The van der Waals surface area contributed by atoms with Crippen LogP contribution >= 0.6 is 0 Å². The van der Waals surface area contributed by atoms with Crippen LogP contribution in [-0.2, 0) is 14.3 Å². The van der Waals surface area contributed by atoms with Gasteiger partial charge in [-0.05, 0) is 18.8 Å². The highest BCUT2D eigenvalue weighted by Crippen LogP contribution is 2.27. The van der Waals surface area contributed by atoms with Gasteiger partial charge in [0.15, 0.2) is 0 Å². The number of hydrogen-bond acceptors (Lipinski definition) is 3. The third kappa shape index (κ3) is 3.36. The Balaban J connectivity index is 2.58. The highest BCUT2D eigenvalue weighted by Gasteiger charge is 2.35. The van der Waals surface area contributed by atoms with E-state index in [-0.39, 0.29) is 11.9 Å². The van der Waals surface area contributed by atoms with Crippen molar-refractivity contribution in [2.75, 3.05) is 6.61 Å². The van der Waals surface area contributed by atoms with Gasteiger partial charge in [0.05, 0.1) is 18.4 Å². The molecule has 4 heteroatoms. The van der Waals surface area contributed by atoms with Crippen LogP contribution in [0.4, 0.5) is 0 Å². The van der Waals surface area contributed by atoms with Crippen LogP contribution in [0.3, 0.4) is 0 Å². The fourth-order valence-corrected chi connectivity index (χ4v) is 1.70. The number of carbonyl (C=O) groups is 2. The lowest BCUT2D eigenvalue weighted by atomic mass is 9.83. The second kappa shape index (κ2) is 5.68. The first kappa shape index (κ1) is 12.7. The van der Waals surface area contributed by atoms with E-state index in [1.165, 1.54) is 0 Å². The number of carboxylic acids is 1. The molecule has 0 saturated carbocycles. The largest absolute Gasteiger partial charge is 0.481 e. The Bertz CT molecular complexity index is 293. The van der Waals surface area contributed by atoms with Crippen LogP contribution in [0.5, 0.6) is 0 Å². The topological polar surface area (TPSA) is 63.6 Å². The van der Waals surface area contributed by atoms with Crippen molar-refractivity contribution in [2.24, 2.45) is 17.8 Å². The lowest BCUT2D eigenvalue weighted by molar-refractivity contribution is -0.158.